The molecule has 0 aliphatic heterocycles. The molecule has 0 radical (unpaired) electrons. The summed E-state index contributed by atoms with van der Waals surface area (Å²) >= 11 is 13.7. The summed E-state index contributed by atoms with van der Waals surface area (Å²) in [5.74, 6) is 0.181. The maximum Gasteiger partial charge on any atom is 0.272 e. The van der Waals surface area contributed by atoms with Crippen LogP contribution in [0.25, 0.3) is 6.08 Å². The van der Waals surface area contributed by atoms with Gasteiger partial charge in [0.1, 0.15) is 5.70 Å². The van der Waals surface area contributed by atoms with Crippen molar-refractivity contribution in [1.29, 1.82) is 0 Å². The number of rotatable bonds is 11. The number of anilines is 1. The number of Topliss-reactive ketones (excluding diaryl/α,β-unsaturated/α-hetero) is 1. The van der Waals surface area contributed by atoms with E-state index in [4.69, 9.17) is 32.7 Å². The minimum Gasteiger partial charge on any atom is -0.493 e. The van der Waals surface area contributed by atoms with Gasteiger partial charge in [0.25, 0.3) is 11.8 Å². The Morgan fingerprint density at radius 3 is 2.19 bits per heavy atom. The van der Waals surface area contributed by atoms with Crippen LogP contribution in [0.15, 0.2) is 102 Å². The van der Waals surface area contributed by atoms with Crippen molar-refractivity contribution in [3.63, 3.8) is 0 Å². The van der Waals surface area contributed by atoms with E-state index < -0.39 is 11.8 Å². The van der Waals surface area contributed by atoms with Crippen molar-refractivity contribution in [3.8, 4) is 11.5 Å². The first-order valence-corrected chi connectivity index (χ1v) is 14.3. The number of benzene rings is 4. The standard InChI is InChI=1S/C32H26Cl2N2O5S/c1-40-29-15-9-22(17-30(29)41-2)28(37)19-42-25-13-11-24(12-14-25)35-32(39)27(16-21-8-10-23(33)18-26(21)34)36-31(38)20-6-4-3-5-7-20/h3-18H,19H2,1-2H3,(H,35,39)(H,36,38)/b27-16-. The van der Waals surface area contributed by atoms with Gasteiger partial charge in [-0.3, -0.25) is 14.4 Å². The third-order valence-electron chi connectivity index (χ3n) is 5.98. The quantitative estimate of drug-likeness (QED) is 0.103. The number of methoxy groups -OCH3 is 2. The van der Waals surface area contributed by atoms with Gasteiger partial charge >= 0.3 is 0 Å². The van der Waals surface area contributed by atoms with Gasteiger partial charge in [0.2, 0.25) is 0 Å². The van der Waals surface area contributed by atoms with Gasteiger partial charge in [0.15, 0.2) is 17.3 Å². The Labute approximate surface area is 257 Å². The number of hydrogen-bond donors (Lipinski definition) is 2. The highest BCUT2D eigenvalue weighted by Crippen LogP contribution is 2.29. The molecule has 0 bridgehead atoms. The van der Waals surface area contributed by atoms with E-state index in [1.807, 2.05) is 0 Å². The second kappa shape index (κ2) is 14.6. The summed E-state index contributed by atoms with van der Waals surface area (Å²) in [6.45, 7) is 0. The third-order valence-corrected chi connectivity index (χ3v) is 7.55. The van der Waals surface area contributed by atoms with E-state index in [0.717, 1.165) is 4.90 Å². The zero-order valence-electron chi connectivity index (χ0n) is 22.7. The highest BCUT2D eigenvalue weighted by atomic mass is 35.5. The third kappa shape index (κ3) is 8.16. The topological polar surface area (TPSA) is 93.7 Å². The Bertz CT molecular complexity index is 1630. The molecule has 10 heteroatoms. The highest BCUT2D eigenvalue weighted by molar-refractivity contribution is 8.00. The van der Waals surface area contributed by atoms with Crippen molar-refractivity contribution in [1.82, 2.24) is 5.32 Å². The van der Waals surface area contributed by atoms with E-state index in [9.17, 15) is 14.4 Å². The fourth-order valence-electron chi connectivity index (χ4n) is 3.79. The van der Waals surface area contributed by atoms with Crippen LogP contribution in [0.5, 0.6) is 11.5 Å². The number of amides is 2. The van der Waals surface area contributed by atoms with E-state index in [-0.39, 0.29) is 17.2 Å². The number of carbonyl (C=O) groups is 3. The molecule has 214 valence electrons. The van der Waals surface area contributed by atoms with Crippen molar-refractivity contribution in [2.24, 2.45) is 0 Å². The molecule has 0 unspecified atom stereocenters. The van der Waals surface area contributed by atoms with Crippen molar-refractivity contribution in [2.45, 2.75) is 4.90 Å². The summed E-state index contributed by atoms with van der Waals surface area (Å²) in [4.78, 5) is 39.7. The highest BCUT2D eigenvalue weighted by Gasteiger charge is 2.16. The minimum absolute atomic E-state index is 0.00737. The first-order valence-electron chi connectivity index (χ1n) is 12.6. The number of ether oxygens (including phenoxy) is 2. The first kappa shape index (κ1) is 30.7. The van der Waals surface area contributed by atoms with Crippen LogP contribution in [0.2, 0.25) is 10.0 Å². The molecule has 2 N–H and O–H groups in total. The fourth-order valence-corrected chi connectivity index (χ4v) is 5.05. The summed E-state index contributed by atoms with van der Waals surface area (Å²) in [5, 5.41) is 6.25. The average Bonchev–Trinajstić information content (AvgIpc) is 3.01. The molecule has 0 fully saturated rings. The van der Waals surface area contributed by atoms with Gasteiger partial charge in [-0.05, 0) is 78.4 Å². The number of nitrogens with one attached hydrogen (secondary N) is 2. The number of carbonyl (C=O) groups excluding carboxylic acids is 3. The predicted octanol–water partition coefficient (Wildman–Crippen LogP) is 7.40. The summed E-state index contributed by atoms with van der Waals surface area (Å²) in [5.41, 5.74) is 1.90. The van der Waals surface area contributed by atoms with E-state index in [1.54, 1.807) is 91.0 Å². The lowest BCUT2D eigenvalue weighted by atomic mass is 10.1. The SMILES string of the molecule is COc1ccc(C(=O)CSc2ccc(NC(=O)/C(=C/c3ccc(Cl)cc3Cl)NC(=O)c3ccccc3)cc2)cc1OC. The van der Waals surface area contributed by atoms with Crippen LogP contribution >= 0.6 is 35.0 Å². The number of ketones is 1. The van der Waals surface area contributed by atoms with E-state index in [1.165, 1.54) is 32.1 Å². The predicted molar refractivity (Wildman–Crippen MR) is 168 cm³/mol. The Balaban J connectivity index is 1.45. The Morgan fingerprint density at radius 2 is 1.52 bits per heavy atom. The van der Waals surface area contributed by atoms with Gasteiger partial charge < -0.3 is 20.1 Å². The van der Waals surface area contributed by atoms with Crippen molar-refractivity contribution < 1.29 is 23.9 Å². The Hall–Kier alpha value is -4.24. The molecule has 0 atom stereocenters. The molecule has 0 aliphatic rings. The minimum atomic E-state index is -0.547. The maximum atomic E-state index is 13.3. The largest absolute Gasteiger partial charge is 0.493 e. The van der Waals surface area contributed by atoms with Crippen LogP contribution < -0.4 is 20.1 Å². The molecule has 4 aromatic rings. The van der Waals surface area contributed by atoms with Crippen molar-refractivity contribution in [3.05, 3.63) is 123 Å². The molecule has 4 rings (SSSR count). The molecule has 0 aliphatic carbocycles. The molecule has 42 heavy (non-hydrogen) atoms. The number of thioether (sulfide) groups is 1. The van der Waals surface area contributed by atoms with Crippen LogP contribution in [0.4, 0.5) is 5.69 Å². The molecular weight excluding hydrogens is 595 g/mol. The molecular formula is C32H26Cl2N2O5S. The van der Waals surface area contributed by atoms with Crippen LogP contribution in [0.1, 0.15) is 26.3 Å². The van der Waals surface area contributed by atoms with Crippen LogP contribution in [-0.4, -0.2) is 37.6 Å². The molecule has 4 aromatic carbocycles. The second-order valence-corrected chi connectivity index (χ2v) is 10.7. The Kier molecular flexibility index (Phi) is 10.7. The van der Waals surface area contributed by atoms with Gasteiger partial charge in [-0.2, -0.15) is 0 Å². The van der Waals surface area contributed by atoms with Crippen LogP contribution in [0, 0.1) is 0 Å². The second-order valence-electron chi connectivity index (χ2n) is 8.80. The maximum absolute atomic E-state index is 13.3. The van der Waals surface area contributed by atoms with Crippen molar-refractivity contribution in [2.75, 3.05) is 25.3 Å². The summed E-state index contributed by atoms with van der Waals surface area (Å²) in [7, 11) is 3.05. The fraction of sp³-hybridized carbons (Fsp3) is 0.0938. The summed E-state index contributed by atoms with van der Waals surface area (Å²) in [6.07, 6.45) is 1.48. The number of hydrogen-bond acceptors (Lipinski definition) is 6. The zero-order valence-corrected chi connectivity index (χ0v) is 25.0. The molecule has 0 aromatic heterocycles. The smallest absolute Gasteiger partial charge is 0.272 e. The summed E-state index contributed by atoms with van der Waals surface area (Å²) in [6, 6.07) is 25.5. The van der Waals surface area contributed by atoms with Gasteiger partial charge in [-0.1, -0.05) is 47.5 Å². The van der Waals surface area contributed by atoms with Gasteiger partial charge in [-0.15, -0.1) is 11.8 Å². The molecule has 2 amide bonds. The van der Waals surface area contributed by atoms with E-state index in [0.29, 0.717) is 43.9 Å². The monoisotopic (exact) mass is 620 g/mol. The molecule has 0 heterocycles. The van der Waals surface area contributed by atoms with E-state index in [2.05, 4.69) is 10.6 Å². The lowest BCUT2D eigenvalue weighted by Gasteiger charge is -2.12. The van der Waals surface area contributed by atoms with Gasteiger partial charge in [0.05, 0.1) is 20.0 Å². The first-order chi connectivity index (χ1) is 20.3. The summed E-state index contributed by atoms with van der Waals surface area (Å²) < 4.78 is 10.5. The number of halogens is 2. The molecule has 7 nitrogen and oxygen atoms in total. The van der Waals surface area contributed by atoms with Crippen LogP contribution in [0.3, 0.4) is 0 Å². The lowest BCUT2D eigenvalue weighted by Crippen LogP contribution is -2.30. The van der Waals surface area contributed by atoms with Crippen LogP contribution in [-0.2, 0) is 4.79 Å². The normalized spacial score (nSPS) is 11.0. The Morgan fingerprint density at radius 1 is 0.810 bits per heavy atom. The zero-order chi connectivity index (χ0) is 30.1. The van der Waals surface area contributed by atoms with E-state index >= 15 is 0 Å². The lowest BCUT2D eigenvalue weighted by molar-refractivity contribution is -0.113. The average molecular weight is 622 g/mol. The molecule has 0 spiro atoms. The van der Waals surface area contributed by atoms with Gasteiger partial charge in [0, 0.05) is 31.8 Å². The molecule has 0 saturated heterocycles. The van der Waals surface area contributed by atoms with Crippen molar-refractivity contribution >= 4 is 64.3 Å². The molecule has 0 saturated carbocycles. The van der Waals surface area contributed by atoms with Gasteiger partial charge in [-0.25, -0.2) is 0 Å².